The number of amides is 1. The van der Waals surface area contributed by atoms with Gasteiger partial charge in [0.1, 0.15) is 5.65 Å². The minimum atomic E-state index is -0.499. The fraction of sp³-hybridized carbons (Fsp3) is 0.429. The number of hydrogen-bond donors (Lipinski definition) is 2. The molecule has 2 aliphatic carbocycles. The Bertz CT molecular complexity index is 1260. The number of fused-ring (bicyclic) bond motifs is 1. The van der Waals surface area contributed by atoms with Crippen molar-refractivity contribution in [2.24, 2.45) is 11.8 Å². The van der Waals surface area contributed by atoms with Crippen molar-refractivity contribution in [1.82, 2.24) is 14.5 Å². The van der Waals surface area contributed by atoms with Gasteiger partial charge in [0.2, 0.25) is 5.91 Å². The SMILES string of the molecule is COC(=O)c1c(NC(=O)C2CCC2)c2cc(NCC3CC=CCC3)cnc2n1CCc1ccccn1. The van der Waals surface area contributed by atoms with E-state index in [4.69, 9.17) is 9.72 Å². The van der Waals surface area contributed by atoms with E-state index in [-0.39, 0.29) is 11.8 Å². The molecule has 188 valence electrons. The number of aryl methyl sites for hydroxylation is 2. The summed E-state index contributed by atoms with van der Waals surface area (Å²) in [6.07, 6.45) is 14.8. The highest BCUT2D eigenvalue weighted by molar-refractivity contribution is 6.11. The average molecular weight is 488 g/mol. The van der Waals surface area contributed by atoms with Crippen LogP contribution < -0.4 is 10.6 Å². The lowest BCUT2D eigenvalue weighted by molar-refractivity contribution is -0.122. The molecule has 0 radical (unpaired) electrons. The molecule has 1 saturated carbocycles. The van der Waals surface area contributed by atoms with Crippen molar-refractivity contribution < 1.29 is 14.3 Å². The average Bonchev–Trinajstić information content (AvgIpc) is 3.18. The van der Waals surface area contributed by atoms with E-state index in [1.807, 2.05) is 28.8 Å². The third-order valence-electron chi connectivity index (χ3n) is 7.29. The molecule has 0 aromatic carbocycles. The van der Waals surface area contributed by atoms with Crippen molar-refractivity contribution in [3.8, 4) is 0 Å². The van der Waals surface area contributed by atoms with E-state index in [1.54, 1.807) is 12.4 Å². The smallest absolute Gasteiger partial charge is 0.356 e. The van der Waals surface area contributed by atoms with Crippen LogP contribution in [0, 0.1) is 11.8 Å². The second-order valence-corrected chi connectivity index (χ2v) is 9.68. The van der Waals surface area contributed by atoms with Gasteiger partial charge in [-0.05, 0) is 56.2 Å². The highest BCUT2D eigenvalue weighted by atomic mass is 16.5. The Morgan fingerprint density at radius 3 is 2.75 bits per heavy atom. The minimum Gasteiger partial charge on any atom is -0.464 e. The van der Waals surface area contributed by atoms with Gasteiger partial charge in [-0.3, -0.25) is 9.78 Å². The van der Waals surface area contributed by atoms with Gasteiger partial charge < -0.3 is 19.9 Å². The summed E-state index contributed by atoms with van der Waals surface area (Å²) in [4.78, 5) is 35.2. The number of methoxy groups -OCH3 is 1. The van der Waals surface area contributed by atoms with Crippen molar-refractivity contribution in [3.63, 3.8) is 0 Å². The van der Waals surface area contributed by atoms with Crippen LogP contribution in [0.4, 0.5) is 11.4 Å². The highest BCUT2D eigenvalue weighted by Gasteiger charge is 2.30. The topological polar surface area (TPSA) is 98.1 Å². The molecule has 3 heterocycles. The van der Waals surface area contributed by atoms with E-state index in [0.29, 0.717) is 35.9 Å². The zero-order chi connectivity index (χ0) is 24.9. The standard InChI is InChI=1S/C28H33N5O3/c1-36-28(35)25-24(32-27(34)20-10-7-11-20)23-16-22(30-17-19-8-3-2-4-9-19)18-31-26(23)33(25)15-13-21-12-5-6-14-29-21/h2-3,5-6,12,14,16,18-20,30H,4,7-11,13,15,17H2,1H3,(H,32,34). The van der Waals surface area contributed by atoms with Gasteiger partial charge in [-0.2, -0.15) is 0 Å². The third-order valence-corrected chi connectivity index (χ3v) is 7.29. The van der Waals surface area contributed by atoms with Gasteiger partial charge in [0, 0.05) is 42.7 Å². The number of pyridine rings is 2. The van der Waals surface area contributed by atoms with Crippen molar-refractivity contribution in [2.45, 2.75) is 51.5 Å². The Labute approximate surface area is 211 Å². The van der Waals surface area contributed by atoms with Crippen LogP contribution in [-0.2, 0) is 22.5 Å². The molecule has 0 saturated heterocycles. The largest absolute Gasteiger partial charge is 0.464 e. The molecule has 2 aliphatic rings. The molecule has 1 amide bonds. The van der Waals surface area contributed by atoms with E-state index in [0.717, 1.165) is 61.8 Å². The molecule has 0 bridgehead atoms. The Balaban J connectivity index is 1.51. The predicted octanol–water partition coefficient (Wildman–Crippen LogP) is 4.97. The zero-order valence-electron chi connectivity index (χ0n) is 20.7. The number of allylic oxidation sites excluding steroid dienone is 2. The van der Waals surface area contributed by atoms with Crippen LogP contribution in [0.15, 0.2) is 48.8 Å². The number of rotatable bonds is 9. The second-order valence-electron chi connectivity index (χ2n) is 9.68. The Kier molecular flexibility index (Phi) is 7.30. The van der Waals surface area contributed by atoms with E-state index in [9.17, 15) is 9.59 Å². The first kappa shape index (κ1) is 24.0. The van der Waals surface area contributed by atoms with Crippen LogP contribution in [0.1, 0.15) is 54.7 Å². The number of esters is 1. The maximum Gasteiger partial charge on any atom is 0.356 e. The van der Waals surface area contributed by atoms with Crippen molar-refractivity contribution in [3.05, 3.63) is 60.2 Å². The summed E-state index contributed by atoms with van der Waals surface area (Å²) in [6.45, 7) is 1.33. The molecule has 3 aromatic rings. The van der Waals surface area contributed by atoms with E-state index in [2.05, 4.69) is 27.8 Å². The lowest BCUT2D eigenvalue weighted by Gasteiger charge is -2.24. The predicted molar refractivity (Wildman–Crippen MR) is 140 cm³/mol. The van der Waals surface area contributed by atoms with Crippen LogP contribution in [-0.4, -0.2) is 40.1 Å². The van der Waals surface area contributed by atoms with Crippen molar-refractivity contribution in [1.29, 1.82) is 0 Å². The Hall–Kier alpha value is -3.68. The van der Waals surface area contributed by atoms with Gasteiger partial charge in [-0.25, -0.2) is 9.78 Å². The Morgan fingerprint density at radius 1 is 1.17 bits per heavy atom. The fourth-order valence-corrected chi connectivity index (χ4v) is 4.95. The summed E-state index contributed by atoms with van der Waals surface area (Å²) in [7, 11) is 1.36. The minimum absolute atomic E-state index is 0.0176. The van der Waals surface area contributed by atoms with E-state index in [1.165, 1.54) is 7.11 Å². The zero-order valence-corrected chi connectivity index (χ0v) is 20.7. The first-order valence-corrected chi connectivity index (χ1v) is 12.8. The number of anilines is 2. The van der Waals surface area contributed by atoms with Gasteiger partial charge in [0.15, 0.2) is 5.69 Å². The lowest BCUT2D eigenvalue weighted by Crippen LogP contribution is -2.29. The fourth-order valence-electron chi connectivity index (χ4n) is 4.95. The molecule has 1 unspecified atom stereocenters. The summed E-state index contributed by atoms with van der Waals surface area (Å²) in [5.74, 6) is 0.0112. The summed E-state index contributed by atoms with van der Waals surface area (Å²) in [5.41, 5.74) is 3.22. The molecule has 36 heavy (non-hydrogen) atoms. The molecule has 1 atom stereocenters. The number of hydrogen-bond acceptors (Lipinski definition) is 6. The van der Waals surface area contributed by atoms with Crippen LogP contribution in [0.5, 0.6) is 0 Å². The number of nitrogens with zero attached hydrogens (tertiary/aromatic N) is 3. The summed E-state index contributed by atoms with van der Waals surface area (Å²) in [5, 5.41) is 7.32. The van der Waals surface area contributed by atoms with Gasteiger partial charge in [-0.1, -0.05) is 24.6 Å². The summed E-state index contributed by atoms with van der Waals surface area (Å²) < 4.78 is 7.01. The Morgan fingerprint density at radius 2 is 2.06 bits per heavy atom. The van der Waals surface area contributed by atoms with Gasteiger partial charge in [0.05, 0.1) is 24.7 Å². The third kappa shape index (κ3) is 5.12. The molecular weight excluding hydrogens is 454 g/mol. The van der Waals surface area contributed by atoms with Crippen LogP contribution >= 0.6 is 0 Å². The normalized spacial score (nSPS) is 17.5. The highest BCUT2D eigenvalue weighted by Crippen LogP contribution is 2.35. The van der Waals surface area contributed by atoms with Crippen LogP contribution in [0.25, 0.3) is 11.0 Å². The first-order chi connectivity index (χ1) is 17.6. The van der Waals surface area contributed by atoms with E-state index >= 15 is 0 Å². The summed E-state index contributed by atoms with van der Waals surface area (Å²) >= 11 is 0. The van der Waals surface area contributed by atoms with Crippen molar-refractivity contribution in [2.75, 3.05) is 24.3 Å². The number of aromatic nitrogens is 3. The molecule has 2 N–H and O–H groups in total. The number of carbonyl (C=O) groups is 2. The maximum atomic E-state index is 13.0. The van der Waals surface area contributed by atoms with Crippen molar-refractivity contribution >= 4 is 34.3 Å². The van der Waals surface area contributed by atoms with E-state index < -0.39 is 5.97 Å². The molecule has 5 rings (SSSR count). The number of carbonyl (C=O) groups excluding carboxylic acids is 2. The van der Waals surface area contributed by atoms with Gasteiger partial charge in [-0.15, -0.1) is 0 Å². The molecule has 1 fully saturated rings. The molecule has 8 nitrogen and oxygen atoms in total. The number of nitrogens with one attached hydrogen (secondary N) is 2. The van der Waals surface area contributed by atoms with Gasteiger partial charge in [0.25, 0.3) is 0 Å². The lowest BCUT2D eigenvalue weighted by atomic mass is 9.85. The molecule has 8 heteroatoms. The molecule has 0 aliphatic heterocycles. The molecular formula is C28H33N5O3. The number of ether oxygens (including phenoxy) is 1. The molecule has 0 spiro atoms. The van der Waals surface area contributed by atoms with Gasteiger partial charge >= 0.3 is 5.97 Å². The monoisotopic (exact) mass is 487 g/mol. The summed E-state index contributed by atoms with van der Waals surface area (Å²) in [6, 6.07) is 7.77. The maximum absolute atomic E-state index is 13.0. The quantitative estimate of drug-likeness (QED) is 0.327. The second kappa shape index (κ2) is 10.9. The van der Waals surface area contributed by atoms with Crippen LogP contribution in [0.3, 0.4) is 0 Å². The van der Waals surface area contributed by atoms with Crippen LogP contribution in [0.2, 0.25) is 0 Å². The molecule has 3 aromatic heterocycles. The first-order valence-electron chi connectivity index (χ1n) is 12.8.